The number of nitrogens with zero attached hydrogens (tertiary/aromatic N) is 1. The molecule has 0 saturated heterocycles. The molecule has 3 aromatic carbocycles. The summed E-state index contributed by atoms with van der Waals surface area (Å²) in [5.41, 5.74) is 1.15. The highest BCUT2D eigenvalue weighted by Gasteiger charge is 2.23. The average Bonchev–Trinajstić information content (AvgIpc) is 2.87. The summed E-state index contributed by atoms with van der Waals surface area (Å²) < 4.78 is 59.3. The lowest BCUT2D eigenvalue weighted by atomic mass is 10.1. The zero-order valence-corrected chi connectivity index (χ0v) is 22.2. The molecule has 10 heteroatoms. The van der Waals surface area contributed by atoms with Crippen molar-refractivity contribution in [3.63, 3.8) is 0 Å². The third-order valence-electron chi connectivity index (χ3n) is 5.39. The molecule has 0 bridgehead atoms. The second-order valence-corrected chi connectivity index (χ2v) is 10.2. The summed E-state index contributed by atoms with van der Waals surface area (Å²) in [6.07, 6.45) is 0. The third kappa shape index (κ3) is 6.91. The predicted molar refractivity (Wildman–Crippen MR) is 136 cm³/mol. The number of amides is 1. The molecule has 0 N–H and O–H groups in total. The molecule has 0 atom stereocenters. The topological polar surface area (TPSA) is 91.4 Å². The lowest BCUT2D eigenvalue weighted by Crippen LogP contribution is -2.33. The maximum atomic E-state index is 13.5. The first-order chi connectivity index (χ1) is 17.6. The van der Waals surface area contributed by atoms with Crippen LogP contribution in [0, 0.1) is 11.7 Å². The van der Waals surface area contributed by atoms with Crippen LogP contribution in [0.25, 0.3) is 0 Å². The summed E-state index contributed by atoms with van der Waals surface area (Å²) in [7, 11) is 0.343. The second-order valence-electron chi connectivity index (χ2n) is 8.63. The van der Waals surface area contributed by atoms with Gasteiger partial charge in [0.2, 0.25) is 5.75 Å². The van der Waals surface area contributed by atoms with Crippen LogP contribution in [-0.2, 0) is 16.7 Å². The molecule has 0 radical (unpaired) electrons. The van der Waals surface area contributed by atoms with E-state index in [4.69, 9.17) is 18.4 Å². The molecule has 3 rings (SSSR count). The Hall–Kier alpha value is -3.79. The highest BCUT2D eigenvalue weighted by Crippen LogP contribution is 2.38. The van der Waals surface area contributed by atoms with Crippen LogP contribution >= 0.6 is 0 Å². The van der Waals surface area contributed by atoms with Gasteiger partial charge in [0, 0.05) is 18.7 Å². The molecule has 0 heterocycles. The predicted octanol–water partition coefficient (Wildman–Crippen LogP) is 4.92. The van der Waals surface area contributed by atoms with Crippen molar-refractivity contribution in [2.45, 2.75) is 25.3 Å². The van der Waals surface area contributed by atoms with Crippen molar-refractivity contribution in [2.24, 2.45) is 5.92 Å². The number of rotatable bonds is 11. The number of ether oxygens (including phenoxy) is 3. The van der Waals surface area contributed by atoms with E-state index < -0.39 is 15.9 Å². The largest absolute Gasteiger partial charge is 0.493 e. The number of halogens is 1. The molecule has 0 saturated carbocycles. The first-order valence-corrected chi connectivity index (χ1v) is 12.9. The van der Waals surface area contributed by atoms with Crippen LogP contribution in [0.4, 0.5) is 4.39 Å². The molecule has 0 aliphatic rings. The fourth-order valence-electron chi connectivity index (χ4n) is 3.69. The van der Waals surface area contributed by atoms with E-state index in [0.717, 1.165) is 29.8 Å². The van der Waals surface area contributed by atoms with E-state index in [2.05, 4.69) is 0 Å². The van der Waals surface area contributed by atoms with E-state index in [1.54, 1.807) is 29.2 Å². The van der Waals surface area contributed by atoms with Gasteiger partial charge in [0.1, 0.15) is 16.5 Å². The number of methoxy groups -OCH3 is 3. The fourth-order valence-corrected chi connectivity index (χ4v) is 4.62. The van der Waals surface area contributed by atoms with Gasteiger partial charge in [-0.3, -0.25) is 4.79 Å². The quantitative estimate of drug-likeness (QED) is 0.325. The summed E-state index contributed by atoms with van der Waals surface area (Å²) in [5, 5.41) is 0. The first kappa shape index (κ1) is 27.8. The highest BCUT2D eigenvalue weighted by atomic mass is 32.2. The van der Waals surface area contributed by atoms with Crippen molar-refractivity contribution < 1.29 is 36.0 Å². The van der Waals surface area contributed by atoms with Gasteiger partial charge in [-0.1, -0.05) is 26.0 Å². The molecule has 1 amide bonds. The van der Waals surface area contributed by atoms with Gasteiger partial charge in [-0.2, -0.15) is 8.42 Å². The second kappa shape index (κ2) is 12.0. The van der Waals surface area contributed by atoms with E-state index in [9.17, 15) is 17.6 Å². The first-order valence-electron chi connectivity index (χ1n) is 11.5. The van der Waals surface area contributed by atoms with Gasteiger partial charge in [0.15, 0.2) is 11.5 Å². The molecule has 0 unspecified atom stereocenters. The number of hydrogen-bond acceptors (Lipinski definition) is 7. The Labute approximate surface area is 216 Å². The molecule has 0 aromatic heterocycles. The van der Waals surface area contributed by atoms with Gasteiger partial charge in [0.25, 0.3) is 5.91 Å². The lowest BCUT2D eigenvalue weighted by molar-refractivity contribution is 0.0721. The number of benzene rings is 3. The van der Waals surface area contributed by atoms with Crippen LogP contribution in [0.5, 0.6) is 23.0 Å². The zero-order valence-electron chi connectivity index (χ0n) is 21.4. The van der Waals surface area contributed by atoms with Crippen molar-refractivity contribution in [3.8, 4) is 23.0 Å². The summed E-state index contributed by atoms with van der Waals surface area (Å²) >= 11 is 0. The molecule has 0 aliphatic heterocycles. The Balaban J connectivity index is 1.82. The monoisotopic (exact) mass is 531 g/mol. The van der Waals surface area contributed by atoms with Crippen LogP contribution in [0.2, 0.25) is 0 Å². The Morgan fingerprint density at radius 2 is 1.46 bits per heavy atom. The Kier molecular flexibility index (Phi) is 8.99. The standard InChI is InChI=1S/C27H30FNO7S/c1-18(2)16-29(27(30)20-14-24(33-3)26(35-5)25(15-20)34-4)17-19-6-10-22(11-7-19)36-37(31,32)23-12-8-21(28)9-13-23/h6-15,18H,16-17H2,1-5H3. The number of carbonyl (C=O) groups is 1. The summed E-state index contributed by atoms with van der Waals surface area (Å²) in [6.45, 7) is 4.77. The smallest absolute Gasteiger partial charge is 0.339 e. The Bertz CT molecular complexity index is 1300. The minimum Gasteiger partial charge on any atom is -0.493 e. The van der Waals surface area contributed by atoms with Crippen molar-refractivity contribution in [3.05, 3.63) is 77.6 Å². The molecule has 0 fully saturated rings. The Morgan fingerprint density at radius 3 is 1.95 bits per heavy atom. The molecule has 0 aliphatic carbocycles. The molecule has 0 spiro atoms. The van der Waals surface area contributed by atoms with Crippen LogP contribution < -0.4 is 18.4 Å². The zero-order chi connectivity index (χ0) is 27.2. The molecule has 37 heavy (non-hydrogen) atoms. The van der Waals surface area contributed by atoms with Gasteiger partial charge in [-0.05, 0) is 60.0 Å². The molecular formula is C27H30FNO7S. The summed E-state index contributed by atoms with van der Waals surface area (Å²) in [6, 6.07) is 14.0. The highest BCUT2D eigenvalue weighted by molar-refractivity contribution is 7.87. The Morgan fingerprint density at radius 1 is 0.892 bits per heavy atom. The van der Waals surface area contributed by atoms with Crippen molar-refractivity contribution in [1.82, 2.24) is 4.90 Å². The van der Waals surface area contributed by atoms with Gasteiger partial charge in [-0.15, -0.1) is 0 Å². The summed E-state index contributed by atoms with van der Waals surface area (Å²) in [4.78, 5) is 15.0. The SMILES string of the molecule is COc1cc(C(=O)N(Cc2ccc(OS(=O)(=O)c3ccc(F)cc3)cc2)CC(C)C)cc(OC)c1OC. The van der Waals surface area contributed by atoms with Crippen LogP contribution in [0.3, 0.4) is 0 Å². The summed E-state index contributed by atoms with van der Waals surface area (Å²) in [5.74, 6) is 0.650. The van der Waals surface area contributed by atoms with Crippen LogP contribution in [0.15, 0.2) is 65.6 Å². The molecule has 3 aromatic rings. The molecular weight excluding hydrogens is 501 g/mol. The van der Waals surface area contributed by atoms with Gasteiger partial charge >= 0.3 is 10.1 Å². The maximum absolute atomic E-state index is 13.5. The van der Waals surface area contributed by atoms with Gasteiger partial charge in [-0.25, -0.2) is 4.39 Å². The van der Waals surface area contributed by atoms with Crippen molar-refractivity contribution >= 4 is 16.0 Å². The van der Waals surface area contributed by atoms with Crippen molar-refractivity contribution in [2.75, 3.05) is 27.9 Å². The van der Waals surface area contributed by atoms with E-state index in [-0.39, 0.29) is 29.0 Å². The maximum Gasteiger partial charge on any atom is 0.339 e. The lowest BCUT2D eigenvalue weighted by Gasteiger charge is -2.25. The van der Waals surface area contributed by atoms with Gasteiger partial charge in [0.05, 0.1) is 21.3 Å². The van der Waals surface area contributed by atoms with E-state index in [0.29, 0.717) is 29.4 Å². The normalized spacial score (nSPS) is 11.2. The molecule has 198 valence electrons. The fraction of sp³-hybridized carbons (Fsp3) is 0.296. The number of carbonyl (C=O) groups excluding carboxylic acids is 1. The van der Waals surface area contributed by atoms with E-state index in [1.807, 2.05) is 13.8 Å². The van der Waals surface area contributed by atoms with Crippen LogP contribution in [-0.4, -0.2) is 47.1 Å². The van der Waals surface area contributed by atoms with Crippen molar-refractivity contribution in [1.29, 1.82) is 0 Å². The van der Waals surface area contributed by atoms with E-state index >= 15 is 0 Å². The third-order valence-corrected chi connectivity index (χ3v) is 6.65. The minimum absolute atomic E-state index is 0.0967. The van der Waals surface area contributed by atoms with Gasteiger partial charge < -0.3 is 23.3 Å². The number of hydrogen-bond donors (Lipinski definition) is 0. The van der Waals surface area contributed by atoms with Crippen LogP contribution in [0.1, 0.15) is 29.8 Å². The minimum atomic E-state index is -4.12. The average molecular weight is 532 g/mol. The molecule has 8 nitrogen and oxygen atoms in total. The van der Waals surface area contributed by atoms with E-state index in [1.165, 1.54) is 33.5 Å².